The van der Waals surface area contributed by atoms with Crippen LogP contribution in [0.5, 0.6) is 5.75 Å². The number of thiophene rings is 1. The molecular formula is C15H12F3N3O4S2. The highest BCUT2D eigenvalue weighted by Gasteiger charge is 2.32. The van der Waals surface area contributed by atoms with Crippen molar-refractivity contribution in [1.82, 2.24) is 4.98 Å². The van der Waals surface area contributed by atoms with Gasteiger partial charge >= 0.3 is 6.36 Å². The molecule has 3 rings (SSSR count). The molecule has 0 bridgehead atoms. The molecule has 4 N–H and O–H groups in total. The molecule has 0 saturated heterocycles. The first-order chi connectivity index (χ1) is 12.5. The number of ether oxygens (including phenoxy) is 1. The number of hydrogen-bond acceptors (Lipinski definition) is 5. The summed E-state index contributed by atoms with van der Waals surface area (Å²) in [6.07, 6.45) is -4.98. The predicted molar refractivity (Wildman–Crippen MR) is 93.4 cm³/mol. The van der Waals surface area contributed by atoms with Crippen molar-refractivity contribution in [3.63, 3.8) is 0 Å². The highest BCUT2D eigenvalue weighted by Crippen LogP contribution is 2.34. The molecule has 27 heavy (non-hydrogen) atoms. The number of benzene rings is 1. The summed E-state index contributed by atoms with van der Waals surface area (Å²) in [7, 11) is -4.07. The Kier molecular flexibility index (Phi) is 4.56. The first-order valence-corrected chi connectivity index (χ1v) is 9.62. The second kappa shape index (κ2) is 6.46. The van der Waals surface area contributed by atoms with Crippen LogP contribution in [0.2, 0.25) is 0 Å². The number of aromatic amines is 1. The topological polar surface area (TPSA) is 114 Å². The molecule has 3 aromatic rings. The zero-order valence-electron chi connectivity index (χ0n) is 13.5. The van der Waals surface area contributed by atoms with Crippen LogP contribution >= 0.6 is 11.3 Å². The molecule has 2 heterocycles. The summed E-state index contributed by atoms with van der Waals surface area (Å²) < 4.78 is 69.1. The summed E-state index contributed by atoms with van der Waals surface area (Å²) in [5.41, 5.74) is 5.44. The van der Waals surface area contributed by atoms with E-state index in [2.05, 4.69) is 14.4 Å². The van der Waals surface area contributed by atoms with Crippen LogP contribution in [-0.2, 0) is 10.0 Å². The number of hydrogen-bond donors (Lipinski definition) is 3. The highest BCUT2D eigenvalue weighted by atomic mass is 32.2. The normalized spacial score (nSPS) is 12.3. The molecule has 0 aliphatic heterocycles. The molecule has 2 aromatic heterocycles. The summed E-state index contributed by atoms with van der Waals surface area (Å²) in [6.45, 7) is 1.59. The lowest BCUT2D eigenvalue weighted by molar-refractivity contribution is -0.274. The first-order valence-electron chi connectivity index (χ1n) is 7.25. The lowest BCUT2D eigenvalue weighted by atomic mass is 10.2. The van der Waals surface area contributed by atoms with Crippen molar-refractivity contribution in [2.45, 2.75) is 17.5 Å². The third-order valence-corrected chi connectivity index (χ3v) is 6.56. The number of carbonyl (C=O) groups is 1. The van der Waals surface area contributed by atoms with E-state index >= 15 is 0 Å². The fourth-order valence-corrected chi connectivity index (χ4v) is 4.93. The summed E-state index contributed by atoms with van der Waals surface area (Å²) in [5, 5.41) is 1.69. The van der Waals surface area contributed by atoms with Gasteiger partial charge in [0.25, 0.3) is 15.9 Å². The molecule has 0 radical (unpaired) electrons. The number of alkyl halides is 3. The van der Waals surface area contributed by atoms with Crippen LogP contribution in [0.4, 0.5) is 18.9 Å². The quantitative estimate of drug-likeness (QED) is 0.588. The maximum Gasteiger partial charge on any atom is 0.573 e. The van der Waals surface area contributed by atoms with Crippen molar-refractivity contribution in [3.05, 3.63) is 40.9 Å². The molecule has 0 fully saturated rings. The van der Waals surface area contributed by atoms with Crippen LogP contribution in [0.15, 0.2) is 33.9 Å². The van der Waals surface area contributed by atoms with E-state index in [-0.39, 0.29) is 26.5 Å². The fourth-order valence-electron chi connectivity index (χ4n) is 2.45. The number of H-pyrrole nitrogens is 1. The van der Waals surface area contributed by atoms with E-state index in [9.17, 15) is 26.4 Å². The number of rotatable bonds is 5. The number of aromatic nitrogens is 1. The van der Waals surface area contributed by atoms with Crippen molar-refractivity contribution in [3.8, 4) is 5.75 Å². The van der Waals surface area contributed by atoms with E-state index in [1.54, 1.807) is 18.4 Å². The van der Waals surface area contributed by atoms with Crippen LogP contribution < -0.4 is 15.2 Å². The Morgan fingerprint density at radius 2 is 2.00 bits per heavy atom. The highest BCUT2D eigenvalue weighted by molar-refractivity contribution is 7.94. The van der Waals surface area contributed by atoms with E-state index in [0.717, 1.165) is 23.5 Å². The monoisotopic (exact) mass is 419 g/mol. The SMILES string of the molecule is Cc1ccsc1S(=O)(=O)Nc1cc(OC(F)(F)F)cc2cc(C(N)=O)[nH]c12. The molecule has 144 valence electrons. The summed E-state index contributed by atoms with van der Waals surface area (Å²) >= 11 is 0.959. The van der Waals surface area contributed by atoms with Crippen LogP contribution in [0.3, 0.4) is 0 Å². The van der Waals surface area contributed by atoms with Gasteiger partial charge in [0.15, 0.2) is 0 Å². The first kappa shape index (κ1) is 19.0. The second-order valence-electron chi connectivity index (χ2n) is 5.53. The number of nitrogens with one attached hydrogen (secondary N) is 2. The summed E-state index contributed by atoms with van der Waals surface area (Å²) in [5.74, 6) is -1.50. The molecule has 7 nitrogen and oxygen atoms in total. The lowest BCUT2D eigenvalue weighted by Gasteiger charge is -2.13. The van der Waals surface area contributed by atoms with Gasteiger partial charge in [0, 0.05) is 11.5 Å². The summed E-state index contributed by atoms with van der Waals surface area (Å²) in [6, 6.07) is 4.68. The van der Waals surface area contributed by atoms with Crippen molar-refractivity contribution >= 4 is 43.9 Å². The van der Waals surface area contributed by atoms with E-state index in [0.29, 0.717) is 5.56 Å². The molecular weight excluding hydrogens is 407 g/mol. The third kappa shape index (κ3) is 4.01. The van der Waals surface area contributed by atoms with Crippen LogP contribution in [0.25, 0.3) is 10.9 Å². The molecule has 12 heteroatoms. The van der Waals surface area contributed by atoms with Gasteiger partial charge in [0.05, 0.1) is 11.2 Å². The smallest absolute Gasteiger partial charge is 0.406 e. The summed E-state index contributed by atoms with van der Waals surface area (Å²) in [4.78, 5) is 14.0. The Labute approximate surface area is 155 Å². The number of halogens is 3. The average Bonchev–Trinajstić information content (AvgIpc) is 3.11. The molecule has 1 amide bonds. The molecule has 0 aliphatic rings. The lowest BCUT2D eigenvalue weighted by Crippen LogP contribution is -2.18. The van der Waals surface area contributed by atoms with Gasteiger partial charge in [0.1, 0.15) is 15.7 Å². The average molecular weight is 419 g/mol. The van der Waals surface area contributed by atoms with E-state index in [4.69, 9.17) is 5.73 Å². The Hall–Kier alpha value is -2.73. The largest absolute Gasteiger partial charge is 0.573 e. The van der Waals surface area contributed by atoms with Crippen molar-refractivity contribution < 1.29 is 31.1 Å². The van der Waals surface area contributed by atoms with Gasteiger partial charge in [-0.2, -0.15) is 0 Å². The van der Waals surface area contributed by atoms with Gasteiger partial charge in [-0.25, -0.2) is 8.42 Å². The minimum Gasteiger partial charge on any atom is -0.406 e. The van der Waals surface area contributed by atoms with Crippen molar-refractivity contribution in [1.29, 1.82) is 0 Å². The van der Waals surface area contributed by atoms with Crippen molar-refractivity contribution in [2.24, 2.45) is 5.73 Å². The van der Waals surface area contributed by atoms with Gasteiger partial charge in [-0.15, -0.1) is 24.5 Å². The van der Waals surface area contributed by atoms with Crippen LogP contribution in [0.1, 0.15) is 16.1 Å². The number of anilines is 1. The van der Waals surface area contributed by atoms with Crippen LogP contribution in [0, 0.1) is 6.92 Å². The van der Waals surface area contributed by atoms with E-state index in [1.807, 2.05) is 0 Å². The molecule has 1 aromatic carbocycles. The zero-order chi connectivity index (χ0) is 20.0. The van der Waals surface area contributed by atoms with Gasteiger partial charge in [-0.05, 0) is 36.1 Å². The Morgan fingerprint density at radius 3 is 2.56 bits per heavy atom. The van der Waals surface area contributed by atoms with Gasteiger partial charge in [-0.3, -0.25) is 9.52 Å². The maximum absolute atomic E-state index is 12.6. The molecule has 0 atom stereocenters. The van der Waals surface area contributed by atoms with Gasteiger partial charge in [-0.1, -0.05) is 0 Å². The van der Waals surface area contributed by atoms with Crippen molar-refractivity contribution in [2.75, 3.05) is 4.72 Å². The van der Waals surface area contributed by atoms with E-state index < -0.39 is 28.0 Å². The predicted octanol–water partition coefficient (Wildman–Crippen LogP) is 3.34. The second-order valence-corrected chi connectivity index (χ2v) is 8.32. The van der Waals surface area contributed by atoms with E-state index in [1.165, 1.54) is 6.07 Å². The number of primary amides is 1. The Bertz CT molecular complexity index is 1130. The maximum atomic E-state index is 12.6. The Morgan fingerprint density at radius 1 is 1.30 bits per heavy atom. The number of carbonyl (C=O) groups excluding carboxylic acids is 1. The minimum atomic E-state index is -4.98. The number of nitrogens with two attached hydrogens (primary N) is 1. The standard InChI is InChI=1S/C15H12F3N3O4S2/c1-7-2-3-26-14(7)27(23,24)21-10-6-9(25-15(16,17)18)4-8-5-11(13(19)22)20-12(8)10/h2-6,20-21H,1H3,(H2,19,22). The minimum absolute atomic E-state index is 0.0134. The Balaban J connectivity index is 2.14. The number of sulfonamides is 1. The number of fused-ring (bicyclic) bond motifs is 1. The van der Waals surface area contributed by atoms with Gasteiger partial charge in [0.2, 0.25) is 0 Å². The molecule has 0 aliphatic carbocycles. The fraction of sp³-hybridized carbons (Fsp3) is 0.133. The molecule has 0 saturated carbocycles. The number of amides is 1. The van der Waals surface area contributed by atoms with Gasteiger partial charge < -0.3 is 15.5 Å². The number of aryl methyl sites for hydroxylation is 1. The molecule has 0 unspecified atom stereocenters. The third-order valence-electron chi connectivity index (χ3n) is 3.50. The zero-order valence-corrected chi connectivity index (χ0v) is 15.2. The molecule has 0 spiro atoms. The van der Waals surface area contributed by atoms with Crippen LogP contribution in [-0.4, -0.2) is 25.7 Å².